The zero-order valence-electron chi connectivity index (χ0n) is 14.2. The van der Waals surface area contributed by atoms with E-state index < -0.39 is 0 Å². The zero-order valence-corrected chi connectivity index (χ0v) is 14.2. The molecule has 0 bridgehead atoms. The molecule has 0 unspecified atom stereocenters. The second-order valence-corrected chi connectivity index (χ2v) is 6.95. The summed E-state index contributed by atoms with van der Waals surface area (Å²) in [6.45, 7) is 3.57. The predicted molar refractivity (Wildman–Crippen MR) is 94.2 cm³/mol. The maximum atomic E-state index is 12.9. The van der Waals surface area contributed by atoms with E-state index in [9.17, 15) is 4.79 Å². The second-order valence-electron chi connectivity index (χ2n) is 6.95. The average Bonchev–Trinajstić information content (AvgIpc) is 3.21. The summed E-state index contributed by atoms with van der Waals surface area (Å²) in [7, 11) is 1.98. The van der Waals surface area contributed by atoms with Gasteiger partial charge >= 0.3 is 0 Å². The van der Waals surface area contributed by atoms with E-state index in [-0.39, 0.29) is 11.9 Å². The van der Waals surface area contributed by atoms with E-state index >= 15 is 0 Å². The Morgan fingerprint density at radius 3 is 2.79 bits per heavy atom. The number of aryl methyl sites for hydroxylation is 1. The van der Waals surface area contributed by atoms with Crippen molar-refractivity contribution in [2.75, 3.05) is 26.3 Å². The summed E-state index contributed by atoms with van der Waals surface area (Å²) >= 11 is 0. The number of ether oxygens (including phenoxy) is 1. The molecule has 5 nitrogen and oxygen atoms in total. The lowest BCUT2D eigenvalue weighted by molar-refractivity contribution is 0.0901. The number of carbonyl (C=O) groups excluding carboxylic acids is 1. The summed E-state index contributed by atoms with van der Waals surface area (Å²) in [5.74, 6) is 0.00399. The molecule has 0 spiro atoms. The second kappa shape index (κ2) is 6.57. The molecule has 1 aromatic carbocycles. The fourth-order valence-electron chi connectivity index (χ4n) is 4.06. The van der Waals surface area contributed by atoms with E-state index in [0.717, 1.165) is 36.2 Å². The molecule has 0 aliphatic carbocycles. The Kier molecular flexibility index (Phi) is 4.29. The topological polar surface area (TPSA) is 46.5 Å². The largest absolute Gasteiger partial charge is 0.378 e. The number of likely N-dealkylation sites (tertiary alicyclic amines) is 1. The number of para-hydroxylation sites is 1. The van der Waals surface area contributed by atoms with Gasteiger partial charge in [0.05, 0.1) is 30.9 Å². The number of amides is 1. The molecule has 2 fully saturated rings. The Balaban J connectivity index is 1.52. The number of benzene rings is 1. The van der Waals surface area contributed by atoms with Crippen molar-refractivity contribution in [3.05, 3.63) is 36.0 Å². The molecule has 3 heterocycles. The van der Waals surface area contributed by atoms with E-state index in [2.05, 4.69) is 10.2 Å². The Labute approximate surface area is 142 Å². The molecule has 1 amide bonds. The van der Waals surface area contributed by atoms with Crippen molar-refractivity contribution in [1.29, 1.82) is 0 Å². The minimum Gasteiger partial charge on any atom is -0.378 e. The van der Waals surface area contributed by atoms with Gasteiger partial charge in [0.1, 0.15) is 0 Å². The summed E-state index contributed by atoms with van der Waals surface area (Å²) in [5, 5.41) is 4.23. The zero-order chi connectivity index (χ0) is 16.5. The number of hydrogen-bond acceptors (Lipinski definition) is 3. The third kappa shape index (κ3) is 2.82. The molecule has 2 aromatic rings. The number of nitrogens with one attached hydrogen (secondary N) is 1. The van der Waals surface area contributed by atoms with E-state index in [1.807, 2.05) is 42.1 Å². The molecule has 2 saturated heterocycles. The third-order valence-corrected chi connectivity index (χ3v) is 5.37. The van der Waals surface area contributed by atoms with Crippen molar-refractivity contribution in [2.24, 2.45) is 7.05 Å². The molecule has 5 heteroatoms. The van der Waals surface area contributed by atoms with Crippen molar-refractivity contribution >= 4 is 16.8 Å². The predicted octanol–water partition coefficient (Wildman–Crippen LogP) is 2.16. The number of carbonyl (C=O) groups is 1. The van der Waals surface area contributed by atoms with Gasteiger partial charge in [-0.25, -0.2) is 0 Å². The monoisotopic (exact) mass is 327 g/mol. The first kappa shape index (κ1) is 15.7. The quantitative estimate of drug-likeness (QED) is 0.940. The number of nitrogens with zero attached hydrogens (tertiary/aromatic N) is 2. The van der Waals surface area contributed by atoms with Crippen LogP contribution in [0.5, 0.6) is 0 Å². The fourth-order valence-corrected chi connectivity index (χ4v) is 4.06. The summed E-state index contributed by atoms with van der Waals surface area (Å²) in [5.41, 5.74) is 1.83. The molecule has 128 valence electrons. The standard InChI is InChI=1S/C19H25N3O2/c1-21-11-15(14-7-3-4-8-17(14)21)19(23)20-16-12-24-13-18(16)22-9-5-2-6-10-22/h3-4,7-8,11,16,18H,2,5-6,9-10,12-13H2,1H3,(H,20,23)/t16-,18-/m1/s1. The maximum Gasteiger partial charge on any atom is 0.253 e. The van der Waals surface area contributed by atoms with Gasteiger partial charge in [0.2, 0.25) is 0 Å². The fraction of sp³-hybridized carbons (Fsp3) is 0.526. The van der Waals surface area contributed by atoms with Gasteiger partial charge in [-0.2, -0.15) is 0 Å². The normalized spacial score (nSPS) is 25.2. The summed E-state index contributed by atoms with van der Waals surface area (Å²) < 4.78 is 7.70. The SMILES string of the molecule is Cn1cc(C(=O)N[C@@H]2COC[C@H]2N2CCCCC2)c2ccccc21. The van der Waals surface area contributed by atoms with E-state index in [4.69, 9.17) is 4.74 Å². The third-order valence-electron chi connectivity index (χ3n) is 5.37. The van der Waals surface area contributed by atoms with Gasteiger partial charge in [-0.3, -0.25) is 9.69 Å². The van der Waals surface area contributed by atoms with Gasteiger partial charge in [-0.15, -0.1) is 0 Å². The highest BCUT2D eigenvalue weighted by Gasteiger charge is 2.35. The summed E-state index contributed by atoms with van der Waals surface area (Å²) in [6, 6.07) is 8.42. The van der Waals surface area contributed by atoms with Crippen LogP contribution in [0.15, 0.2) is 30.5 Å². The highest BCUT2D eigenvalue weighted by atomic mass is 16.5. The lowest BCUT2D eigenvalue weighted by Gasteiger charge is -2.34. The molecular weight excluding hydrogens is 302 g/mol. The maximum absolute atomic E-state index is 12.9. The average molecular weight is 327 g/mol. The Hall–Kier alpha value is -1.85. The molecule has 2 aliphatic heterocycles. The van der Waals surface area contributed by atoms with Crippen molar-refractivity contribution in [3.63, 3.8) is 0 Å². The van der Waals surface area contributed by atoms with Crippen LogP contribution in [0, 0.1) is 0 Å². The Morgan fingerprint density at radius 1 is 1.17 bits per heavy atom. The lowest BCUT2D eigenvalue weighted by Crippen LogP contribution is -2.52. The molecule has 1 N–H and O–H groups in total. The lowest BCUT2D eigenvalue weighted by atomic mass is 10.0. The number of rotatable bonds is 3. The smallest absolute Gasteiger partial charge is 0.253 e. The molecule has 2 aliphatic rings. The first-order valence-corrected chi connectivity index (χ1v) is 8.91. The molecular formula is C19H25N3O2. The Morgan fingerprint density at radius 2 is 1.96 bits per heavy atom. The number of piperidine rings is 1. The van der Waals surface area contributed by atoms with E-state index in [1.54, 1.807) is 0 Å². The van der Waals surface area contributed by atoms with Crippen molar-refractivity contribution < 1.29 is 9.53 Å². The van der Waals surface area contributed by atoms with Crippen LogP contribution in [0.4, 0.5) is 0 Å². The molecule has 4 rings (SSSR count). The Bertz CT molecular complexity index is 733. The highest BCUT2D eigenvalue weighted by Crippen LogP contribution is 2.22. The van der Waals surface area contributed by atoms with Crippen LogP contribution in [0.3, 0.4) is 0 Å². The highest BCUT2D eigenvalue weighted by molar-refractivity contribution is 6.07. The minimum atomic E-state index is 0.00399. The van der Waals surface area contributed by atoms with Gasteiger partial charge in [0, 0.05) is 24.1 Å². The summed E-state index contributed by atoms with van der Waals surface area (Å²) in [4.78, 5) is 15.3. The van der Waals surface area contributed by atoms with Gasteiger partial charge in [-0.05, 0) is 32.0 Å². The number of fused-ring (bicyclic) bond motifs is 1. The van der Waals surface area contributed by atoms with Crippen LogP contribution < -0.4 is 5.32 Å². The van der Waals surface area contributed by atoms with Crippen LogP contribution in [0.2, 0.25) is 0 Å². The minimum absolute atomic E-state index is 0.00399. The number of aromatic nitrogens is 1. The molecule has 1 aromatic heterocycles. The van der Waals surface area contributed by atoms with Crippen molar-refractivity contribution in [1.82, 2.24) is 14.8 Å². The van der Waals surface area contributed by atoms with Crippen LogP contribution >= 0.6 is 0 Å². The van der Waals surface area contributed by atoms with Gasteiger partial charge < -0.3 is 14.6 Å². The van der Waals surface area contributed by atoms with Crippen LogP contribution in [-0.4, -0.2) is 53.8 Å². The number of hydrogen-bond donors (Lipinski definition) is 1. The first-order chi connectivity index (χ1) is 11.7. The van der Waals surface area contributed by atoms with Gasteiger partial charge in [0.25, 0.3) is 5.91 Å². The van der Waals surface area contributed by atoms with Gasteiger partial charge in [0.15, 0.2) is 0 Å². The van der Waals surface area contributed by atoms with Crippen molar-refractivity contribution in [3.8, 4) is 0 Å². The van der Waals surface area contributed by atoms with E-state index in [1.165, 1.54) is 19.3 Å². The molecule has 0 saturated carbocycles. The van der Waals surface area contributed by atoms with Crippen LogP contribution in [0.1, 0.15) is 29.6 Å². The van der Waals surface area contributed by atoms with Gasteiger partial charge in [-0.1, -0.05) is 24.6 Å². The van der Waals surface area contributed by atoms with E-state index in [0.29, 0.717) is 12.6 Å². The van der Waals surface area contributed by atoms with Crippen LogP contribution in [-0.2, 0) is 11.8 Å². The molecule has 0 radical (unpaired) electrons. The van der Waals surface area contributed by atoms with Crippen LogP contribution in [0.25, 0.3) is 10.9 Å². The molecule has 2 atom stereocenters. The van der Waals surface area contributed by atoms with Crippen molar-refractivity contribution in [2.45, 2.75) is 31.3 Å². The first-order valence-electron chi connectivity index (χ1n) is 8.91. The summed E-state index contributed by atoms with van der Waals surface area (Å²) in [6.07, 6.45) is 5.74. The molecule has 24 heavy (non-hydrogen) atoms.